The van der Waals surface area contributed by atoms with Gasteiger partial charge in [0.2, 0.25) is 5.91 Å². The highest BCUT2D eigenvalue weighted by Crippen LogP contribution is 2.27. The van der Waals surface area contributed by atoms with Crippen LogP contribution in [0.5, 0.6) is 5.75 Å². The first kappa shape index (κ1) is 12.8. The minimum absolute atomic E-state index is 0.0670. The molecule has 0 atom stereocenters. The van der Waals surface area contributed by atoms with Gasteiger partial charge >= 0.3 is 0 Å². The van der Waals surface area contributed by atoms with Crippen LogP contribution >= 0.6 is 11.6 Å². The first-order valence-electron chi connectivity index (χ1n) is 5.10. The van der Waals surface area contributed by atoms with E-state index in [2.05, 4.69) is 5.32 Å². The van der Waals surface area contributed by atoms with Gasteiger partial charge in [0, 0.05) is 18.0 Å². The molecule has 0 fully saturated rings. The summed E-state index contributed by atoms with van der Waals surface area (Å²) >= 11 is 5.50. The van der Waals surface area contributed by atoms with Gasteiger partial charge in [0.25, 0.3) is 0 Å². The van der Waals surface area contributed by atoms with E-state index in [4.69, 9.17) is 16.3 Å². The van der Waals surface area contributed by atoms with Crippen LogP contribution in [-0.4, -0.2) is 18.9 Å². The Hall–Kier alpha value is -1.22. The number of halogens is 1. The van der Waals surface area contributed by atoms with Crippen molar-refractivity contribution < 1.29 is 9.53 Å². The molecule has 88 valence electrons. The second-order valence-corrected chi connectivity index (χ2v) is 3.93. The number of ether oxygens (including phenoxy) is 1. The van der Waals surface area contributed by atoms with Gasteiger partial charge in [-0.15, -0.1) is 11.6 Å². The first-order chi connectivity index (χ1) is 7.60. The number of hydrogen-bond acceptors (Lipinski definition) is 2. The van der Waals surface area contributed by atoms with Crippen molar-refractivity contribution in [2.24, 2.45) is 0 Å². The SMILES string of the molecule is COc1ccc(NC(=O)CCCl)c(C)c1C. The van der Waals surface area contributed by atoms with E-state index in [1.165, 1.54) is 0 Å². The lowest BCUT2D eigenvalue weighted by atomic mass is 10.1. The number of nitrogens with one attached hydrogen (secondary N) is 1. The number of alkyl halides is 1. The molecule has 0 saturated heterocycles. The predicted molar refractivity (Wildman–Crippen MR) is 66.4 cm³/mol. The molecule has 3 nitrogen and oxygen atoms in total. The maximum absolute atomic E-state index is 11.4. The summed E-state index contributed by atoms with van der Waals surface area (Å²) in [6.07, 6.45) is 0.325. The Morgan fingerprint density at radius 1 is 1.38 bits per heavy atom. The molecule has 0 aliphatic rings. The summed E-state index contributed by atoms with van der Waals surface area (Å²) in [5.74, 6) is 1.09. The summed E-state index contributed by atoms with van der Waals surface area (Å²) in [4.78, 5) is 11.4. The smallest absolute Gasteiger partial charge is 0.225 e. The molecule has 0 unspecified atom stereocenters. The Kier molecular flexibility index (Phi) is 4.62. The fraction of sp³-hybridized carbons (Fsp3) is 0.417. The number of anilines is 1. The third-order valence-corrected chi connectivity index (χ3v) is 2.74. The maximum Gasteiger partial charge on any atom is 0.225 e. The summed E-state index contributed by atoms with van der Waals surface area (Å²) < 4.78 is 5.20. The second-order valence-electron chi connectivity index (χ2n) is 3.55. The van der Waals surface area contributed by atoms with E-state index in [-0.39, 0.29) is 5.91 Å². The number of hydrogen-bond donors (Lipinski definition) is 1. The lowest BCUT2D eigenvalue weighted by Crippen LogP contribution is -2.13. The van der Waals surface area contributed by atoms with Crippen LogP contribution in [0.3, 0.4) is 0 Å². The molecule has 0 heterocycles. The molecule has 0 spiro atoms. The highest BCUT2D eigenvalue weighted by atomic mass is 35.5. The van der Waals surface area contributed by atoms with E-state index in [0.29, 0.717) is 12.3 Å². The van der Waals surface area contributed by atoms with Crippen molar-refractivity contribution in [2.45, 2.75) is 20.3 Å². The lowest BCUT2D eigenvalue weighted by molar-refractivity contribution is -0.115. The number of rotatable bonds is 4. The molecule has 0 radical (unpaired) electrons. The van der Waals surface area contributed by atoms with Crippen molar-refractivity contribution in [2.75, 3.05) is 18.3 Å². The van der Waals surface area contributed by atoms with Crippen LogP contribution in [0.15, 0.2) is 12.1 Å². The van der Waals surface area contributed by atoms with Gasteiger partial charge in [-0.1, -0.05) is 0 Å². The highest BCUT2D eigenvalue weighted by Gasteiger charge is 2.08. The third-order valence-electron chi connectivity index (χ3n) is 2.55. The van der Waals surface area contributed by atoms with Crippen molar-refractivity contribution >= 4 is 23.2 Å². The van der Waals surface area contributed by atoms with Crippen LogP contribution in [0.4, 0.5) is 5.69 Å². The molecule has 1 aromatic carbocycles. The fourth-order valence-electron chi connectivity index (χ4n) is 1.45. The molecule has 4 heteroatoms. The standard InChI is InChI=1S/C12H16ClNO2/c1-8-9(2)11(16-3)5-4-10(8)14-12(15)6-7-13/h4-5H,6-7H2,1-3H3,(H,14,15). The molecular formula is C12H16ClNO2. The van der Waals surface area contributed by atoms with Crippen LogP contribution in [0.2, 0.25) is 0 Å². The minimum Gasteiger partial charge on any atom is -0.496 e. The number of amides is 1. The summed E-state index contributed by atoms with van der Waals surface area (Å²) in [5, 5.41) is 2.82. The Balaban J connectivity index is 2.90. The van der Waals surface area contributed by atoms with Crippen molar-refractivity contribution in [1.82, 2.24) is 0 Å². The fourth-order valence-corrected chi connectivity index (χ4v) is 1.62. The van der Waals surface area contributed by atoms with E-state index in [0.717, 1.165) is 22.6 Å². The second kappa shape index (κ2) is 5.75. The monoisotopic (exact) mass is 241 g/mol. The molecule has 1 amide bonds. The normalized spacial score (nSPS) is 10.0. The Morgan fingerprint density at radius 2 is 2.06 bits per heavy atom. The maximum atomic E-state index is 11.4. The van der Waals surface area contributed by atoms with Crippen LogP contribution in [0.1, 0.15) is 17.5 Å². The van der Waals surface area contributed by atoms with Crippen molar-refractivity contribution in [1.29, 1.82) is 0 Å². The Labute approximate surface area is 101 Å². The first-order valence-corrected chi connectivity index (χ1v) is 5.63. The minimum atomic E-state index is -0.0670. The average Bonchev–Trinajstić information content (AvgIpc) is 2.25. The van der Waals surface area contributed by atoms with Gasteiger partial charge in [0.15, 0.2) is 0 Å². The topological polar surface area (TPSA) is 38.3 Å². The Morgan fingerprint density at radius 3 is 2.62 bits per heavy atom. The zero-order valence-corrected chi connectivity index (χ0v) is 10.5. The Bertz CT molecular complexity index is 391. The number of carbonyl (C=O) groups is 1. The quantitative estimate of drug-likeness (QED) is 0.824. The van der Waals surface area contributed by atoms with Gasteiger partial charge < -0.3 is 10.1 Å². The number of benzene rings is 1. The molecule has 0 saturated carbocycles. The van der Waals surface area contributed by atoms with Crippen molar-refractivity contribution in [3.63, 3.8) is 0 Å². The van der Waals surface area contributed by atoms with Gasteiger partial charge in [0.05, 0.1) is 7.11 Å². The van der Waals surface area contributed by atoms with Gasteiger partial charge in [-0.25, -0.2) is 0 Å². The molecule has 0 aromatic heterocycles. The van der Waals surface area contributed by atoms with E-state index in [1.807, 2.05) is 26.0 Å². The molecule has 1 N–H and O–H groups in total. The van der Waals surface area contributed by atoms with Crippen LogP contribution in [0, 0.1) is 13.8 Å². The van der Waals surface area contributed by atoms with E-state index < -0.39 is 0 Å². The van der Waals surface area contributed by atoms with Gasteiger partial charge in [-0.3, -0.25) is 4.79 Å². The molecule has 1 rings (SSSR count). The van der Waals surface area contributed by atoms with E-state index in [1.54, 1.807) is 7.11 Å². The van der Waals surface area contributed by atoms with Crippen LogP contribution < -0.4 is 10.1 Å². The van der Waals surface area contributed by atoms with E-state index >= 15 is 0 Å². The number of methoxy groups -OCH3 is 1. The van der Waals surface area contributed by atoms with Crippen LogP contribution in [-0.2, 0) is 4.79 Å². The summed E-state index contributed by atoms with van der Waals surface area (Å²) in [5.41, 5.74) is 2.86. The largest absolute Gasteiger partial charge is 0.496 e. The van der Waals surface area contributed by atoms with Crippen molar-refractivity contribution in [3.05, 3.63) is 23.3 Å². The number of carbonyl (C=O) groups excluding carboxylic acids is 1. The van der Waals surface area contributed by atoms with Gasteiger partial charge in [0.1, 0.15) is 5.75 Å². The average molecular weight is 242 g/mol. The van der Waals surface area contributed by atoms with Gasteiger partial charge in [-0.2, -0.15) is 0 Å². The molecule has 16 heavy (non-hydrogen) atoms. The molecule has 0 bridgehead atoms. The molecule has 0 aliphatic carbocycles. The zero-order valence-electron chi connectivity index (χ0n) is 9.76. The highest BCUT2D eigenvalue weighted by molar-refractivity contribution is 6.19. The molecule has 1 aromatic rings. The summed E-state index contributed by atoms with van der Waals surface area (Å²) in [7, 11) is 1.63. The lowest BCUT2D eigenvalue weighted by Gasteiger charge is -2.13. The zero-order chi connectivity index (χ0) is 12.1. The predicted octanol–water partition coefficient (Wildman–Crippen LogP) is 2.88. The molecular weight excluding hydrogens is 226 g/mol. The summed E-state index contributed by atoms with van der Waals surface area (Å²) in [6.45, 7) is 3.92. The molecule has 0 aliphatic heterocycles. The summed E-state index contributed by atoms with van der Waals surface area (Å²) in [6, 6.07) is 3.69. The van der Waals surface area contributed by atoms with Crippen molar-refractivity contribution in [3.8, 4) is 5.75 Å². The van der Waals surface area contributed by atoms with Gasteiger partial charge in [-0.05, 0) is 37.1 Å². The van der Waals surface area contributed by atoms with E-state index in [9.17, 15) is 4.79 Å². The van der Waals surface area contributed by atoms with Crippen LogP contribution in [0.25, 0.3) is 0 Å². The third kappa shape index (κ3) is 2.89.